The molecule has 27 heavy (non-hydrogen) atoms. The van der Waals surface area contributed by atoms with Gasteiger partial charge in [0, 0.05) is 25.6 Å². The molecule has 1 N–H and O–H groups in total. The molecular formula is C19H16F2N2O4. The smallest absolute Gasteiger partial charge is 0.231 e. The van der Waals surface area contributed by atoms with E-state index >= 15 is 0 Å². The van der Waals surface area contributed by atoms with Crippen LogP contribution in [0.1, 0.15) is 12.0 Å². The summed E-state index contributed by atoms with van der Waals surface area (Å²) in [6.45, 7) is 0.491. The molecule has 0 bridgehead atoms. The summed E-state index contributed by atoms with van der Waals surface area (Å²) >= 11 is 0. The number of halogens is 2. The van der Waals surface area contributed by atoms with E-state index in [1.165, 1.54) is 11.0 Å². The molecule has 1 fully saturated rings. The molecule has 0 saturated carbocycles. The summed E-state index contributed by atoms with van der Waals surface area (Å²) < 4.78 is 37.5. The maximum absolute atomic E-state index is 13.9. The first-order valence-corrected chi connectivity index (χ1v) is 8.43. The van der Waals surface area contributed by atoms with Crippen molar-refractivity contribution in [3.8, 4) is 11.5 Å². The molecular weight excluding hydrogens is 358 g/mol. The second-order valence-electron chi connectivity index (χ2n) is 6.41. The van der Waals surface area contributed by atoms with Gasteiger partial charge in [-0.15, -0.1) is 0 Å². The van der Waals surface area contributed by atoms with Crippen molar-refractivity contribution in [3.05, 3.63) is 53.6 Å². The number of hydrogen-bond donors (Lipinski definition) is 1. The first kappa shape index (κ1) is 17.3. The zero-order valence-corrected chi connectivity index (χ0v) is 14.2. The van der Waals surface area contributed by atoms with Crippen molar-refractivity contribution in [3.63, 3.8) is 0 Å². The van der Waals surface area contributed by atoms with Crippen molar-refractivity contribution in [1.82, 2.24) is 5.32 Å². The van der Waals surface area contributed by atoms with Crippen molar-refractivity contribution in [1.29, 1.82) is 0 Å². The van der Waals surface area contributed by atoms with Gasteiger partial charge in [-0.25, -0.2) is 8.78 Å². The minimum Gasteiger partial charge on any atom is -0.454 e. The fourth-order valence-corrected chi connectivity index (χ4v) is 3.20. The molecule has 2 aliphatic rings. The number of hydrogen-bond acceptors (Lipinski definition) is 4. The van der Waals surface area contributed by atoms with E-state index in [4.69, 9.17) is 9.47 Å². The molecule has 2 aliphatic heterocycles. The number of carbonyl (C=O) groups is 2. The summed E-state index contributed by atoms with van der Waals surface area (Å²) in [6, 6.07) is 8.36. The number of nitrogens with one attached hydrogen (secondary N) is 1. The molecule has 8 heteroatoms. The first-order chi connectivity index (χ1) is 13.0. The van der Waals surface area contributed by atoms with Gasteiger partial charge >= 0.3 is 0 Å². The largest absolute Gasteiger partial charge is 0.454 e. The van der Waals surface area contributed by atoms with E-state index in [9.17, 15) is 18.4 Å². The summed E-state index contributed by atoms with van der Waals surface area (Å²) in [7, 11) is 0. The van der Waals surface area contributed by atoms with Crippen LogP contribution in [0.25, 0.3) is 0 Å². The van der Waals surface area contributed by atoms with Crippen LogP contribution in [-0.4, -0.2) is 25.2 Å². The SMILES string of the molecule is O=C(NCc1ccc2c(c1)OCO2)C1CC(=O)N(c2ccc(F)cc2F)C1. The fourth-order valence-electron chi connectivity index (χ4n) is 3.20. The minimum absolute atomic E-state index is 0.0209. The molecule has 1 unspecified atom stereocenters. The Balaban J connectivity index is 1.39. The number of fused-ring (bicyclic) bond motifs is 1. The molecule has 1 atom stereocenters. The summed E-state index contributed by atoms with van der Waals surface area (Å²) in [5, 5.41) is 2.78. The van der Waals surface area contributed by atoms with E-state index in [1.807, 2.05) is 6.07 Å². The van der Waals surface area contributed by atoms with Crippen LogP contribution in [0.5, 0.6) is 11.5 Å². The lowest BCUT2D eigenvalue weighted by Gasteiger charge is -2.17. The number of amides is 2. The Morgan fingerprint density at radius 1 is 1.15 bits per heavy atom. The summed E-state index contributed by atoms with van der Waals surface area (Å²) in [4.78, 5) is 25.8. The van der Waals surface area contributed by atoms with Gasteiger partial charge in [0.15, 0.2) is 11.5 Å². The molecule has 2 aromatic carbocycles. The van der Waals surface area contributed by atoms with E-state index < -0.39 is 17.6 Å². The third-order valence-electron chi connectivity index (χ3n) is 4.60. The monoisotopic (exact) mass is 374 g/mol. The van der Waals surface area contributed by atoms with E-state index in [-0.39, 0.29) is 43.8 Å². The molecule has 6 nitrogen and oxygen atoms in total. The first-order valence-electron chi connectivity index (χ1n) is 8.43. The Hall–Kier alpha value is -3.16. The van der Waals surface area contributed by atoms with E-state index in [0.717, 1.165) is 17.7 Å². The van der Waals surface area contributed by atoms with Gasteiger partial charge in [0.1, 0.15) is 11.6 Å². The molecule has 0 radical (unpaired) electrons. The maximum atomic E-state index is 13.9. The highest BCUT2D eigenvalue weighted by molar-refractivity contribution is 6.00. The van der Waals surface area contributed by atoms with E-state index in [1.54, 1.807) is 12.1 Å². The summed E-state index contributed by atoms with van der Waals surface area (Å²) in [5.41, 5.74) is 0.811. The Bertz CT molecular complexity index is 919. The molecule has 2 amide bonds. The molecule has 2 heterocycles. The highest BCUT2D eigenvalue weighted by Gasteiger charge is 2.36. The van der Waals surface area contributed by atoms with Crippen LogP contribution in [0.2, 0.25) is 0 Å². The van der Waals surface area contributed by atoms with Crippen LogP contribution in [0.15, 0.2) is 36.4 Å². The van der Waals surface area contributed by atoms with Crippen molar-refractivity contribution >= 4 is 17.5 Å². The average Bonchev–Trinajstić information content (AvgIpc) is 3.26. The Kier molecular flexibility index (Phi) is 4.39. The topological polar surface area (TPSA) is 67.9 Å². The number of rotatable bonds is 4. The molecule has 140 valence electrons. The van der Waals surface area contributed by atoms with E-state index in [0.29, 0.717) is 11.5 Å². The number of carbonyl (C=O) groups excluding carboxylic acids is 2. The van der Waals surface area contributed by atoms with Crippen molar-refractivity contribution in [2.45, 2.75) is 13.0 Å². The minimum atomic E-state index is -0.829. The van der Waals surface area contributed by atoms with Gasteiger partial charge in [-0.3, -0.25) is 9.59 Å². The third-order valence-corrected chi connectivity index (χ3v) is 4.60. The van der Waals surface area contributed by atoms with Gasteiger partial charge in [0.25, 0.3) is 0 Å². The molecule has 2 aromatic rings. The predicted octanol–water partition coefficient (Wildman–Crippen LogP) is 2.36. The molecule has 0 aromatic heterocycles. The van der Waals surface area contributed by atoms with Gasteiger partial charge in [-0.2, -0.15) is 0 Å². The van der Waals surface area contributed by atoms with Gasteiger partial charge < -0.3 is 19.7 Å². The zero-order chi connectivity index (χ0) is 19.0. The lowest BCUT2D eigenvalue weighted by atomic mass is 10.1. The molecule has 1 saturated heterocycles. The van der Waals surface area contributed by atoms with Gasteiger partial charge in [0.05, 0.1) is 11.6 Å². The second-order valence-corrected chi connectivity index (χ2v) is 6.41. The zero-order valence-electron chi connectivity index (χ0n) is 14.2. The predicted molar refractivity (Wildman–Crippen MR) is 91.2 cm³/mol. The maximum Gasteiger partial charge on any atom is 0.231 e. The molecule has 0 spiro atoms. The lowest BCUT2D eigenvalue weighted by molar-refractivity contribution is -0.126. The number of nitrogens with zero attached hydrogens (tertiary/aromatic N) is 1. The van der Waals surface area contributed by atoms with Crippen LogP contribution >= 0.6 is 0 Å². The van der Waals surface area contributed by atoms with Gasteiger partial charge in [-0.1, -0.05) is 6.07 Å². The Labute approximate surface area is 153 Å². The van der Waals surface area contributed by atoms with Crippen LogP contribution in [0.3, 0.4) is 0 Å². The number of benzene rings is 2. The second kappa shape index (κ2) is 6.86. The Morgan fingerprint density at radius 3 is 2.78 bits per heavy atom. The van der Waals surface area contributed by atoms with Gasteiger partial charge in [-0.05, 0) is 29.8 Å². The summed E-state index contributed by atoms with van der Waals surface area (Å²) in [5.74, 6) is -1.55. The van der Waals surface area contributed by atoms with Gasteiger partial charge in [0.2, 0.25) is 18.6 Å². The highest BCUT2D eigenvalue weighted by Crippen LogP contribution is 2.32. The Morgan fingerprint density at radius 2 is 1.96 bits per heavy atom. The molecule has 4 rings (SSSR count). The fraction of sp³-hybridized carbons (Fsp3) is 0.263. The van der Waals surface area contributed by atoms with Crippen molar-refractivity contribution in [2.75, 3.05) is 18.2 Å². The van der Waals surface area contributed by atoms with Crippen molar-refractivity contribution < 1.29 is 27.8 Å². The lowest BCUT2D eigenvalue weighted by Crippen LogP contribution is -2.32. The normalized spacial score (nSPS) is 18.1. The van der Waals surface area contributed by atoms with Crippen LogP contribution in [-0.2, 0) is 16.1 Å². The average molecular weight is 374 g/mol. The summed E-state index contributed by atoms with van der Waals surface area (Å²) in [6.07, 6.45) is -0.0240. The highest BCUT2D eigenvalue weighted by atomic mass is 19.1. The third kappa shape index (κ3) is 3.42. The molecule has 0 aliphatic carbocycles. The number of ether oxygens (including phenoxy) is 2. The van der Waals surface area contributed by atoms with Crippen LogP contribution in [0, 0.1) is 17.6 Å². The van der Waals surface area contributed by atoms with Crippen molar-refractivity contribution in [2.24, 2.45) is 5.92 Å². The quantitative estimate of drug-likeness (QED) is 0.892. The van der Waals surface area contributed by atoms with E-state index in [2.05, 4.69) is 5.32 Å². The van der Waals surface area contributed by atoms with Crippen LogP contribution < -0.4 is 19.7 Å². The number of anilines is 1. The standard InChI is InChI=1S/C19H16F2N2O4/c20-13-2-3-15(14(21)7-13)23-9-12(6-18(23)24)19(25)22-8-11-1-4-16-17(5-11)27-10-26-16/h1-5,7,12H,6,8-10H2,(H,22,25). The van der Waals surface area contributed by atoms with Crippen LogP contribution in [0.4, 0.5) is 14.5 Å².